The van der Waals surface area contributed by atoms with Crippen molar-refractivity contribution in [3.8, 4) is 5.75 Å². The van der Waals surface area contributed by atoms with Crippen LogP contribution >= 0.6 is 15.9 Å². The van der Waals surface area contributed by atoms with Gasteiger partial charge in [0, 0.05) is 4.47 Å². The summed E-state index contributed by atoms with van der Waals surface area (Å²) in [5.74, 6) is -0.513. The lowest BCUT2D eigenvalue weighted by Crippen LogP contribution is -2.39. The van der Waals surface area contributed by atoms with Crippen molar-refractivity contribution in [2.24, 2.45) is 0 Å². The van der Waals surface area contributed by atoms with E-state index in [1.54, 1.807) is 13.0 Å². The molecular weight excluding hydrogens is 325 g/mol. The zero-order valence-electron chi connectivity index (χ0n) is 9.82. The Labute approximate surface area is 114 Å². The summed E-state index contributed by atoms with van der Waals surface area (Å²) in [4.78, 5) is 0. The standard InChI is InChI=1S/C11H13BrFNO3S/c1-2-5-18(15,16)14-3-4-17-11-9(13)6-8(12)7-10(11)14/h6-7H,2-5H2,1H3. The first kappa shape index (κ1) is 13.6. The number of hydrogen-bond donors (Lipinski definition) is 0. The van der Waals surface area contributed by atoms with Gasteiger partial charge in [-0.1, -0.05) is 22.9 Å². The average Bonchev–Trinajstić information content (AvgIpc) is 2.27. The van der Waals surface area contributed by atoms with Gasteiger partial charge in [0.15, 0.2) is 11.6 Å². The third-order valence-electron chi connectivity index (χ3n) is 2.60. The van der Waals surface area contributed by atoms with Crippen LogP contribution in [0.15, 0.2) is 16.6 Å². The van der Waals surface area contributed by atoms with Crippen LogP contribution in [0, 0.1) is 5.82 Å². The zero-order chi connectivity index (χ0) is 13.3. The van der Waals surface area contributed by atoms with Gasteiger partial charge in [0.05, 0.1) is 18.0 Å². The van der Waals surface area contributed by atoms with Gasteiger partial charge in [-0.05, 0) is 18.6 Å². The molecule has 0 spiro atoms. The van der Waals surface area contributed by atoms with Crippen molar-refractivity contribution in [3.05, 3.63) is 22.4 Å². The molecule has 0 fully saturated rings. The predicted molar refractivity (Wildman–Crippen MR) is 71.0 cm³/mol. The Balaban J connectivity index is 2.51. The van der Waals surface area contributed by atoms with Crippen LogP contribution in [-0.2, 0) is 10.0 Å². The van der Waals surface area contributed by atoms with Crippen LogP contribution in [0.25, 0.3) is 0 Å². The first-order valence-corrected chi connectivity index (χ1v) is 7.98. The van der Waals surface area contributed by atoms with E-state index < -0.39 is 15.8 Å². The van der Waals surface area contributed by atoms with E-state index in [1.165, 1.54) is 10.4 Å². The van der Waals surface area contributed by atoms with E-state index in [2.05, 4.69) is 15.9 Å². The van der Waals surface area contributed by atoms with Crippen LogP contribution in [-0.4, -0.2) is 27.3 Å². The largest absolute Gasteiger partial charge is 0.486 e. The summed E-state index contributed by atoms with van der Waals surface area (Å²) in [6, 6.07) is 2.82. The summed E-state index contributed by atoms with van der Waals surface area (Å²) >= 11 is 3.16. The second kappa shape index (κ2) is 5.05. The normalized spacial score (nSPS) is 15.2. The Morgan fingerprint density at radius 2 is 2.22 bits per heavy atom. The van der Waals surface area contributed by atoms with Crippen molar-refractivity contribution in [2.45, 2.75) is 13.3 Å². The van der Waals surface area contributed by atoms with Crippen LogP contribution in [0.5, 0.6) is 5.75 Å². The Kier molecular flexibility index (Phi) is 3.82. The van der Waals surface area contributed by atoms with E-state index in [-0.39, 0.29) is 30.3 Å². The SMILES string of the molecule is CCCS(=O)(=O)N1CCOc2c(F)cc(Br)cc21. The Hall–Kier alpha value is -0.820. The average molecular weight is 338 g/mol. The molecule has 0 aromatic heterocycles. The van der Waals surface area contributed by atoms with E-state index in [0.29, 0.717) is 10.9 Å². The summed E-state index contributed by atoms with van der Waals surface area (Å²) in [6.45, 7) is 2.17. The lowest BCUT2D eigenvalue weighted by atomic mass is 10.2. The molecule has 0 atom stereocenters. The molecule has 0 radical (unpaired) electrons. The minimum absolute atomic E-state index is 0.00382. The molecule has 0 N–H and O–H groups in total. The maximum absolute atomic E-state index is 13.7. The summed E-state index contributed by atoms with van der Waals surface area (Å²) < 4.78 is 44.8. The molecule has 1 aliphatic heterocycles. The topological polar surface area (TPSA) is 46.6 Å². The van der Waals surface area contributed by atoms with Gasteiger partial charge >= 0.3 is 0 Å². The highest BCUT2D eigenvalue weighted by Crippen LogP contribution is 2.38. The summed E-state index contributed by atoms with van der Waals surface area (Å²) in [6.07, 6.45) is 0.519. The van der Waals surface area contributed by atoms with E-state index in [1.807, 2.05) is 0 Å². The van der Waals surface area contributed by atoms with Gasteiger partial charge in [-0.3, -0.25) is 4.31 Å². The predicted octanol–water partition coefficient (Wildman–Crippen LogP) is 2.53. The molecule has 1 aliphatic rings. The van der Waals surface area contributed by atoms with E-state index in [0.717, 1.165) is 0 Å². The van der Waals surface area contributed by atoms with Crippen molar-refractivity contribution in [1.82, 2.24) is 0 Å². The Morgan fingerprint density at radius 1 is 1.50 bits per heavy atom. The van der Waals surface area contributed by atoms with Crippen LogP contribution < -0.4 is 9.04 Å². The van der Waals surface area contributed by atoms with Gasteiger partial charge in [0.1, 0.15) is 6.61 Å². The van der Waals surface area contributed by atoms with Gasteiger partial charge in [-0.2, -0.15) is 0 Å². The fraction of sp³-hybridized carbons (Fsp3) is 0.455. The van der Waals surface area contributed by atoms with Gasteiger partial charge in [0.2, 0.25) is 10.0 Å². The first-order valence-electron chi connectivity index (χ1n) is 5.58. The van der Waals surface area contributed by atoms with E-state index in [4.69, 9.17) is 4.74 Å². The monoisotopic (exact) mass is 337 g/mol. The highest BCUT2D eigenvalue weighted by atomic mass is 79.9. The fourth-order valence-electron chi connectivity index (χ4n) is 1.88. The molecule has 1 aromatic rings. The van der Waals surface area contributed by atoms with Crippen LogP contribution in [0.4, 0.5) is 10.1 Å². The maximum atomic E-state index is 13.7. The highest BCUT2D eigenvalue weighted by Gasteiger charge is 2.30. The van der Waals surface area contributed by atoms with Crippen LogP contribution in [0.3, 0.4) is 0 Å². The minimum Gasteiger partial charge on any atom is -0.486 e. The molecule has 0 saturated carbocycles. The molecule has 7 heteroatoms. The van der Waals surface area contributed by atoms with Crippen LogP contribution in [0.2, 0.25) is 0 Å². The summed E-state index contributed by atoms with van der Waals surface area (Å²) in [7, 11) is -3.41. The quantitative estimate of drug-likeness (QED) is 0.851. The molecular formula is C11H13BrFNO3S. The van der Waals surface area contributed by atoms with Crippen molar-refractivity contribution >= 4 is 31.6 Å². The third kappa shape index (κ3) is 2.47. The molecule has 4 nitrogen and oxygen atoms in total. The number of anilines is 1. The Morgan fingerprint density at radius 3 is 2.89 bits per heavy atom. The van der Waals surface area contributed by atoms with Crippen LogP contribution in [0.1, 0.15) is 13.3 Å². The molecule has 100 valence electrons. The lowest BCUT2D eigenvalue weighted by molar-refractivity contribution is 0.299. The molecule has 0 saturated heterocycles. The van der Waals surface area contributed by atoms with E-state index >= 15 is 0 Å². The molecule has 1 aromatic carbocycles. The maximum Gasteiger partial charge on any atom is 0.235 e. The summed E-state index contributed by atoms with van der Waals surface area (Å²) in [5.41, 5.74) is 0.265. The van der Waals surface area contributed by atoms with Gasteiger partial charge in [-0.15, -0.1) is 0 Å². The van der Waals surface area contributed by atoms with E-state index in [9.17, 15) is 12.8 Å². The number of ether oxygens (including phenoxy) is 1. The molecule has 0 unspecified atom stereocenters. The zero-order valence-corrected chi connectivity index (χ0v) is 12.2. The fourth-order valence-corrected chi connectivity index (χ4v) is 3.83. The molecule has 2 rings (SSSR count). The number of nitrogens with zero attached hydrogens (tertiary/aromatic N) is 1. The van der Waals surface area contributed by atoms with Gasteiger partial charge in [0.25, 0.3) is 0 Å². The van der Waals surface area contributed by atoms with Crippen molar-refractivity contribution in [3.63, 3.8) is 0 Å². The molecule has 0 aliphatic carbocycles. The molecule has 0 amide bonds. The third-order valence-corrected chi connectivity index (χ3v) is 5.03. The number of sulfonamides is 1. The van der Waals surface area contributed by atoms with Crippen molar-refractivity contribution in [2.75, 3.05) is 23.2 Å². The van der Waals surface area contributed by atoms with Gasteiger partial charge in [-0.25, -0.2) is 12.8 Å². The second-order valence-electron chi connectivity index (χ2n) is 3.97. The number of halogens is 2. The number of hydrogen-bond acceptors (Lipinski definition) is 3. The smallest absolute Gasteiger partial charge is 0.235 e. The van der Waals surface area contributed by atoms with Gasteiger partial charge < -0.3 is 4.74 Å². The number of benzene rings is 1. The second-order valence-corrected chi connectivity index (χ2v) is 6.90. The Bertz CT molecular complexity index is 562. The first-order chi connectivity index (χ1) is 8.45. The molecule has 0 bridgehead atoms. The molecule has 1 heterocycles. The van der Waals surface area contributed by atoms with Crippen molar-refractivity contribution < 1.29 is 17.5 Å². The number of fused-ring (bicyclic) bond motifs is 1. The minimum atomic E-state index is -3.41. The number of rotatable bonds is 3. The summed E-state index contributed by atoms with van der Waals surface area (Å²) in [5, 5.41) is 0. The van der Waals surface area contributed by atoms with Crippen molar-refractivity contribution in [1.29, 1.82) is 0 Å². The highest BCUT2D eigenvalue weighted by molar-refractivity contribution is 9.10. The lowest BCUT2D eigenvalue weighted by Gasteiger charge is -2.30. The molecule has 18 heavy (non-hydrogen) atoms.